The molecule has 8 heteroatoms. The molecule has 3 aromatic rings. The number of phenolic OH excluding ortho intramolecular Hbond substituents is 1. The smallest absolute Gasteiger partial charge is 0.254 e. The quantitative estimate of drug-likeness (QED) is 0.658. The lowest BCUT2D eigenvalue weighted by atomic mass is 10.00. The van der Waals surface area contributed by atoms with E-state index >= 15 is 0 Å². The number of fused-ring (bicyclic) bond motifs is 1. The van der Waals surface area contributed by atoms with E-state index in [1.165, 1.54) is 6.07 Å². The Labute approximate surface area is 185 Å². The highest BCUT2D eigenvalue weighted by Crippen LogP contribution is 2.37. The number of rotatable bonds is 3. The number of hydrogen-bond donors (Lipinski definition) is 2. The third kappa shape index (κ3) is 3.40. The maximum Gasteiger partial charge on any atom is 0.254 e. The second-order valence-electron chi connectivity index (χ2n) is 8.79. The van der Waals surface area contributed by atoms with E-state index in [1.807, 2.05) is 36.9 Å². The van der Waals surface area contributed by atoms with E-state index in [-0.39, 0.29) is 17.6 Å². The van der Waals surface area contributed by atoms with Crippen LogP contribution in [0.15, 0.2) is 36.4 Å². The Morgan fingerprint density at radius 1 is 1.00 bits per heavy atom. The first-order chi connectivity index (χ1) is 15.3. The number of phenols is 1. The van der Waals surface area contributed by atoms with Gasteiger partial charge in [0.1, 0.15) is 11.4 Å². The van der Waals surface area contributed by atoms with Gasteiger partial charge in [0.2, 0.25) is 0 Å². The minimum atomic E-state index is -1.18. The molecule has 0 atom stereocenters. The normalized spacial score (nSPS) is 17.6. The number of aryl methyl sites for hydroxylation is 2. The van der Waals surface area contributed by atoms with Crippen molar-refractivity contribution >= 4 is 22.7 Å². The number of aromatic nitrogens is 2. The van der Waals surface area contributed by atoms with Gasteiger partial charge in [-0.15, -0.1) is 0 Å². The molecule has 0 radical (unpaired) electrons. The molecule has 1 saturated heterocycles. The van der Waals surface area contributed by atoms with Crippen molar-refractivity contribution in [3.63, 3.8) is 0 Å². The molecule has 1 aliphatic carbocycles. The van der Waals surface area contributed by atoms with E-state index in [0.29, 0.717) is 50.1 Å². The molecular formula is C24H26N4O4. The maximum absolute atomic E-state index is 13.0. The molecule has 1 aliphatic heterocycles. The second-order valence-corrected chi connectivity index (χ2v) is 8.79. The van der Waals surface area contributed by atoms with Gasteiger partial charge in [-0.05, 0) is 55.7 Å². The summed E-state index contributed by atoms with van der Waals surface area (Å²) in [4.78, 5) is 28.6. The number of benzene rings is 2. The van der Waals surface area contributed by atoms with Crippen molar-refractivity contribution in [3.05, 3.63) is 47.7 Å². The van der Waals surface area contributed by atoms with Gasteiger partial charge in [0.25, 0.3) is 11.8 Å². The third-order valence-corrected chi connectivity index (χ3v) is 6.57. The molecule has 2 N–H and O–H groups in total. The molecule has 8 nitrogen and oxygen atoms in total. The fourth-order valence-corrected chi connectivity index (χ4v) is 4.44. The van der Waals surface area contributed by atoms with Crippen LogP contribution >= 0.6 is 0 Å². The lowest BCUT2D eigenvalue weighted by molar-refractivity contribution is -0.143. The molecule has 1 aromatic heterocycles. The first-order valence-electron chi connectivity index (χ1n) is 10.8. The molecule has 1 saturated carbocycles. The van der Waals surface area contributed by atoms with Crippen molar-refractivity contribution in [2.45, 2.75) is 25.4 Å². The molecule has 5 rings (SSSR count). The summed E-state index contributed by atoms with van der Waals surface area (Å²) in [6, 6.07) is 10.9. The highest BCUT2D eigenvalue weighted by Gasteiger charge is 2.50. The predicted octanol–water partition coefficient (Wildman–Crippen LogP) is 2.06. The maximum atomic E-state index is 13.0. The van der Waals surface area contributed by atoms with Crippen LogP contribution in [0, 0.1) is 6.92 Å². The summed E-state index contributed by atoms with van der Waals surface area (Å²) in [5, 5.41) is 26.2. The number of carbonyl (C=O) groups is 2. The Kier molecular flexibility index (Phi) is 4.70. The van der Waals surface area contributed by atoms with Gasteiger partial charge in [0.15, 0.2) is 0 Å². The van der Waals surface area contributed by atoms with Crippen molar-refractivity contribution in [2.75, 3.05) is 26.2 Å². The topological polar surface area (TPSA) is 98.9 Å². The zero-order chi connectivity index (χ0) is 22.6. The SMILES string of the molecule is Cc1nn(C)c2ccc(-c3ccc(C(=O)N4CCN(C(=O)C5(O)CC5)CC4)cc3O)cc12. The lowest BCUT2D eigenvalue weighted by Gasteiger charge is -2.35. The standard InChI is InChI=1S/C24H26N4O4/c1-15-19-13-16(4-6-20(19)26(2)25-15)18-5-3-17(14-21(18)29)22(30)27-9-11-28(12-10-27)23(31)24(32)7-8-24/h3-6,13-14,29,32H,7-12H2,1-2H3. The Bertz CT molecular complexity index is 1240. The van der Waals surface area contributed by atoms with Gasteiger partial charge < -0.3 is 20.0 Å². The van der Waals surface area contributed by atoms with E-state index < -0.39 is 5.60 Å². The van der Waals surface area contributed by atoms with E-state index in [9.17, 15) is 19.8 Å². The van der Waals surface area contributed by atoms with E-state index in [4.69, 9.17) is 0 Å². The summed E-state index contributed by atoms with van der Waals surface area (Å²) in [6.07, 6.45) is 1.04. The minimum Gasteiger partial charge on any atom is -0.507 e. The molecular weight excluding hydrogens is 408 g/mol. The zero-order valence-electron chi connectivity index (χ0n) is 18.2. The second kappa shape index (κ2) is 7.34. The van der Waals surface area contributed by atoms with Crippen LogP contribution in [0.1, 0.15) is 28.9 Å². The molecule has 2 heterocycles. The van der Waals surface area contributed by atoms with Gasteiger partial charge in [0, 0.05) is 49.7 Å². The van der Waals surface area contributed by atoms with Gasteiger partial charge in [-0.1, -0.05) is 6.07 Å². The molecule has 0 bridgehead atoms. The Morgan fingerprint density at radius 2 is 1.69 bits per heavy atom. The number of amides is 2. The largest absolute Gasteiger partial charge is 0.507 e. The van der Waals surface area contributed by atoms with Crippen molar-refractivity contribution in [3.8, 4) is 16.9 Å². The summed E-state index contributed by atoms with van der Waals surface area (Å²) in [6.45, 7) is 3.56. The van der Waals surface area contributed by atoms with Crippen LogP contribution in [0.4, 0.5) is 0 Å². The van der Waals surface area contributed by atoms with Crippen LogP contribution < -0.4 is 0 Å². The van der Waals surface area contributed by atoms with Gasteiger partial charge in [-0.2, -0.15) is 5.10 Å². The molecule has 2 fully saturated rings. The Balaban J connectivity index is 1.32. The van der Waals surface area contributed by atoms with Gasteiger partial charge >= 0.3 is 0 Å². The highest BCUT2D eigenvalue weighted by molar-refractivity contribution is 5.96. The molecule has 0 unspecified atom stereocenters. The van der Waals surface area contributed by atoms with Gasteiger partial charge in [-0.25, -0.2) is 0 Å². The van der Waals surface area contributed by atoms with E-state index in [0.717, 1.165) is 22.2 Å². The number of aromatic hydroxyl groups is 1. The summed E-state index contributed by atoms with van der Waals surface area (Å²) in [5.74, 6) is -0.364. The molecule has 2 aliphatic rings. The average Bonchev–Trinajstić information content (AvgIpc) is 3.49. The van der Waals surface area contributed by atoms with Crippen LogP contribution in [-0.2, 0) is 11.8 Å². The Hall–Kier alpha value is -3.39. The summed E-state index contributed by atoms with van der Waals surface area (Å²) < 4.78 is 1.83. The summed E-state index contributed by atoms with van der Waals surface area (Å²) >= 11 is 0. The number of carbonyl (C=O) groups excluding carboxylic acids is 2. The average molecular weight is 434 g/mol. The third-order valence-electron chi connectivity index (χ3n) is 6.57. The number of nitrogens with zero attached hydrogens (tertiary/aromatic N) is 4. The van der Waals surface area contributed by atoms with E-state index in [1.54, 1.807) is 21.9 Å². The Morgan fingerprint density at radius 3 is 2.34 bits per heavy atom. The number of piperazine rings is 1. The van der Waals surface area contributed by atoms with Gasteiger partial charge in [0.05, 0.1) is 11.2 Å². The molecule has 2 amide bonds. The van der Waals surface area contributed by atoms with Crippen molar-refractivity contribution < 1.29 is 19.8 Å². The zero-order valence-corrected chi connectivity index (χ0v) is 18.2. The molecule has 0 spiro atoms. The number of aliphatic hydroxyl groups is 1. The first kappa shape index (κ1) is 20.5. The summed E-state index contributed by atoms with van der Waals surface area (Å²) in [5.41, 5.74) is 2.68. The van der Waals surface area contributed by atoms with E-state index in [2.05, 4.69) is 5.10 Å². The van der Waals surface area contributed by atoms with Crippen LogP contribution in [0.5, 0.6) is 5.75 Å². The van der Waals surface area contributed by atoms with Crippen molar-refractivity contribution in [2.24, 2.45) is 7.05 Å². The molecule has 32 heavy (non-hydrogen) atoms. The molecule has 166 valence electrons. The summed E-state index contributed by atoms with van der Waals surface area (Å²) in [7, 11) is 1.90. The van der Waals surface area contributed by atoms with Gasteiger partial charge in [-0.3, -0.25) is 14.3 Å². The highest BCUT2D eigenvalue weighted by atomic mass is 16.3. The fourth-order valence-electron chi connectivity index (χ4n) is 4.44. The van der Waals surface area contributed by atoms with Crippen LogP contribution in [0.2, 0.25) is 0 Å². The monoisotopic (exact) mass is 434 g/mol. The van der Waals surface area contributed by atoms with Crippen molar-refractivity contribution in [1.82, 2.24) is 19.6 Å². The number of hydrogen-bond acceptors (Lipinski definition) is 5. The van der Waals surface area contributed by atoms with Crippen LogP contribution in [0.3, 0.4) is 0 Å². The first-order valence-corrected chi connectivity index (χ1v) is 10.8. The minimum absolute atomic E-state index is 0.0431. The van der Waals surface area contributed by atoms with Crippen LogP contribution in [0.25, 0.3) is 22.0 Å². The fraction of sp³-hybridized carbons (Fsp3) is 0.375. The molecule has 2 aromatic carbocycles. The lowest BCUT2D eigenvalue weighted by Crippen LogP contribution is -2.53. The van der Waals surface area contributed by atoms with Crippen molar-refractivity contribution in [1.29, 1.82) is 0 Å². The van der Waals surface area contributed by atoms with Crippen LogP contribution in [-0.4, -0.2) is 73.4 Å². The predicted molar refractivity (Wildman–Crippen MR) is 119 cm³/mol.